The fourth-order valence-electron chi connectivity index (χ4n) is 0. The van der Waals surface area contributed by atoms with Gasteiger partial charge in [-0.25, -0.2) is 0 Å². The van der Waals surface area contributed by atoms with Gasteiger partial charge in [-0.15, -0.1) is 0 Å². The number of hydrogen-bond acceptors (Lipinski definition) is 0. The quantitative estimate of drug-likeness (QED) is 0.539. The number of rotatable bonds is 0. The Morgan fingerprint density at radius 2 is 1.00 bits per heavy atom. The molecule has 0 rings (SSSR count). The summed E-state index contributed by atoms with van der Waals surface area (Å²) in [5, 5.41) is 0. The van der Waals surface area contributed by atoms with E-state index in [9.17, 15) is 0 Å². The van der Waals surface area contributed by atoms with Gasteiger partial charge in [0, 0.05) is 0 Å². The summed E-state index contributed by atoms with van der Waals surface area (Å²) in [6.45, 7) is 0. The van der Waals surface area contributed by atoms with Crippen LogP contribution in [0.5, 0.6) is 0 Å². The van der Waals surface area contributed by atoms with Crippen LogP contribution in [-0.2, 0) is 88.8 Å². The van der Waals surface area contributed by atoms with Crippen molar-refractivity contribution in [1.82, 2.24) is 0 Å². The molecule has 0 heterocycles. The molecular formula is AlCoCrNiOY+11. The predicted molar refractivity (Wildman–Crippen MR) is 6.44 cm³/mol. The van der Waals surface area contributed by atoms with Crippen molar-refractivity contribution in [2.45, 2.75) is 0 Å². The molecule has 1 nitrogen and oxygen atoms in total. The Balaban J connectivity index is 0. The normalized spacial score (nSPS) is 0. The van der Waals surface area contributed by atoms with E-state index in [-0.39, 0.29) is 106 Å². The second-order valence-electron chi connectivity index (χ2n) is 0. The average molecular weight is 302 g/mol. The predicted octanol–water partition coefficient (Wildman–Crippen LogP) is -0.510. The largest absolute Gasteiger partial charge is 3.00 e. The molecule has 0 amide bonds. The van der Waals surface area contributed by atoms with Crippen molar-refractivity contribution in [2.75, 3.05) is 0 Å². The smallest absolute Gasteiger partial charge is 2.00 e. The van der Waals surface area contributed by atoms with Gasteiger partial charge in [0.05, 0.1) is 0 Å². The van der Waals surface area contributed by atoms with Gasteiger partial charge in [0.2, 0.25) is 0 Å². The average Bonchev–Trinajstić information content (AvgIpc) is 0. The van der Waals surface area contributed by atoms with Crippen molar-refractivity contribution in [3.63, 3.8) is 0 Å². The minimum absolute atomic E-state index is 0. The fourth-order valence-corrected chi connectivity index (χ4v) is 0. The summed E-state index contributed by atoms with van der Waals surface area (Å²) >= 11 is 0. The van der Waals surface area contributed by atoms with E-state index < -0.39 is 0 Å². The van der Waals surface area contributed by atoms with Gasteiger partial charge in [-0.1, -0.05) is 0 Å². The van der Waals surface area contributed by atoms with Crippen LogP contribution in [0.15, 0.2) is 0 Å². The molecule has 0 N–H and O–H groups in total. The van der Waals surface area contributed by atoms with Gasteiger partial charge in [-0.2, -0.15) is 0 Å². The molecule has 0 bridgehead atoms. The molecule has 0 atom stereocenters. The first kappa shape index (κ1) is 61.6. The van der Waals surface area contributed by atoms with Crippen LogP contribution in [-0.4, -0.2) is 17.4 Å². The van der Waals surface area contributed by atoms with Crippen molar-refractivity contribution in [3.05, 3.63) is 0 Å². The Labute approximate surface area is 104 Å². The maximum Gasteiger partial charge on any atom is 3.00 e. The van der Waals surface area contributed by atoms with Gasteiger partial charge in [-0.05, 0) is 0 Å². The molecule has 0 unspecified atom stereocenters. The van der Waals surface area contributed by atoms with Crippen LogP contribution in [0.4, 0.5) is 0 Å². The third-order valence-corrected chi connectivity index (χ3v) is 0. The van der Waals surface area contributed by atoms with E-state index in [1.54, 1.807) is 0 Å². The van der Waals surface area contributed by atoms with Gasteiger partial charge in [0.15, 0.2) is 0 Å². The molecule has 2 radical (unpaired) electrons. The molecule has 0 spiro atoms. The molecule has 0 aliphatic carbocycles. The summed E-state index contributed by atoms with van der Waals surface area (Å²) in [5.74, 6) is 0. The van der Waals surface area contributed by atoms with Gasteiger partial charge in [0.25, 0.3) is 0 Å². The van der Waals surface area contributed by atoms with Crippen LogP contribution in [0, 0.1) is 0 Å². The van der Waals surface area contributed by atoms with Crippen molar-refractivity contribution >= 4 is 17.4 Å². The Morgan fingerprint density at radius 3 is 1.00 bits per heavy atom. The summed E-state index contributed by atoms with van der Waals surface area (Å²) in [5.41, 5.74) is 0. The Hall–Kier alpha value is 3.13. The summed E-state index contributed by atoms with van der Waals surface area (Å²) in [4.78, 5) is 0. The molecule has 0 saturated carbocycles. The van der Waals surface area contributed by atoms with Crippen LogP contribution in [0.3, 0.4) is 0 Å². The zero-order chi connectivity index (χ0) is 0. The molecule has 0 fully saturated rings. The maximum absolute atomic E-state index is 0. The van der Waals surface area contributed by atoms with E-state index in [0.717, 1.165) is 0 Å². The zero-order valence-electron chi connectivity index (χ0n) is 2.62. The standard InChI is InChI=1S/Al.Co.Cr.Ni.O.Y/q+3;+2;+3;+2;-2;+3. The molecule has 0 saturated heterocycles. The van der Waals surface area contributed by atoms with E-state index in [2.05, 4.69) is 0 Å². The van der Waals surface area contributed by atoms with Crippen LogP contribution in [0.25, 0.3) is 0 Å². The summed E-state index contributed by atoms with van der Waals surface area (Å²) < 4.78 is 0. The topological polar surface area (TPSA) is 28.5 Å². The third kappa shape index (κ3) is 27.4. The van der Waals surface area contributed by atoms with Crippen molar-refractivity contribution in [2.24, 2.45) is 0 Å². The molecule has 6 heavy (non-hydrogen) atoms. The van der Waals surface area contributed by atoms with Crippen molar-refractivity contribution in [1.29, 1.82) is 0 Å². The van der Waals surface area contributed by atoms with Gasteiger partial charge >= 0.3 is 101 Å². The molecule has 26 valence electrons. The Kier molecular flexibility index (Phi) is 433. The maximum atomic E-state index is 0. The summed E-state index contributed by atoms with van der Waals surface area (Å²) in [6.07, 6.45) is 0. The SMILES string of the molecule is [Al+3].[Co+2].[Cr+3].[Ni+2].[O-2].[Y+3]. The van der Waals surface area contributed by atoms with Gasteiger partial charge < -0.3 is 5.48 Å². The van der Waals surface area contributed by atoms with E-state index in [0.29, 0.717) is 0 Å². The first-order valence-electron chi connectivity index (χ1n) is 0. The van der Waals surface area contributed by atoms with Crippen LogP contribution in [0.1, 0.15) is 0 Å². The zero-order valence-corrected chi connectivity index (χ0v) is 9.92. The fraction of sp³-hybridized carbons (Fsp3) is 0. The van der Waals surface area contributed by atoms with Crippen LogP contribution >= 0.6 is 0 Å². The summed E-state index contributed by atoms with van der Waals surface area (Å²) in [7, 11) is 0. The van der Waals surface area contributed by atoms with E-state index in [1.165, 1.54) is 0 Å². The Morgan fingerprint density at radius 1 is 1.00 bits per heavy atom. The molecule has 0 aromatic carbocycles. The molecule has 0 aromatic rings. The third-order valence-electron chi connectivity index (χ3n) is 0. The van der Waals surface area contributed by atoms with Crippen molar-refractivity contribution < 1.29 is 88.8 Å². The van der Waals surface area contributed by atoms with Crippen LogP contribution < -0.4 is 0 Å². The van der Waals surface area contributed by atoms with Gasteiger partial charge in [0.1, 0.15) is 0 Å². The molecule has 0 aliphatic heterocycles. The molecule has 0 aromatic heterocycles. The van der Waals surface area contributed by atoms with E-state index in [1.807, 2.05) is 0 Å². The minimum atomic E-state index is 0. The van der Waals surface area contributed by atoms with Crippen LogP contribution in [0.2, 0.25) is 0 Å². The monoisotopic (exact) mass is 301 g/mol. The first-order valence-corrected chi connectivity index (χ1v) is 0. The second-order valence-corrected chi connectivity index (χ2v) is 0. The summed E-state index contributed by atoms with van der Waals surface area (Å²) in [6, 6.07) is 0. The van der Waals surface area contributed by atoms with Crippen molar-refractivity contribution in [3.8, 4) is 0 Å². The van der Waals surface area contributed by atoms with E-state index in [4.69, 9.17) is 0 Å². The second kappa shape index (κ2) is 42.2. The Bertz CT molecular complexity index is 15.5. The van der Waals surface area contributed by atoms with Gasteiger partial charge in [-0.3, -0.25) is 0 Å². The van der Waals surface area contributed by atoms with E-state index >= 15 is 0 Å². The first-order chi connectivity index (χ1) is 0. The molecule has 6 heteroatoms. The molecular weight excluding hydrogens is 302 g/mol. The minimum Gasteiger partial charge on any atom is -2.00 e. The molecule has 0 aliphatic rings. The number of hydrogen-bond donors (Lipinski definition) is 0.